The van der Waals surface area contributed by atoms with Crippen LogP contribution in [-0.2, 0) is 0 Å². The van der Waals surface area contributed by atoms with Crippen LogP contribution in [0.4, 0.5) is 0 Å². The molecule has 0 amide bonds. The third-order valence-electron chi connectivity index (χ3n) is 3.44. The second-order valence-corrected chi connectivity index (χ2v) is 4.71. The van der Waals surface area contributed by atoms with Gasteiger partial charge in [0.05, 0.1) is 5.69 Å². The maximum atomic E-state index is 7.44. The first-order chi connectivity index (χ1) is 11.0. The zero-order chi connectivity index (χ0) is 16.0. The van der Waals surface area contributed by atoms with Gasteiger partial charge in [0.2, 0.25) is 0 Å². The molecule has 0 aliphatic heterocycles. The second kappa shape index (κ2) is 4.20. The van der Waals surface area contributed by atoms with Gasteiger partial charge in [0.25, 0.3) is 0 Å². The summed E-state index contributed by atoms with van der Waals surface area (Å²) in [6.45, 7) is -2.14. The first kappa shape index (κ1) is 8.54. The molecule has 4 rings (SSSR count). The van der Waals surface area contributed by atoms with Crippen LogP contribution in [0.2, 0.25) is 0 Å². The highest BCUT2D eigenvalue weighted by molar-refractivity contribution is 6.11. The Labute approximate surface area is 120 Å². The number of furan rings is 1. The van der Waals surface area contributed by atoms with Gasteiger partial charge in [-0.3, -0.25) is 4.98 Å². The Balaban J connectivity index is 1.95. The van der Waals surface area contributed by atoms with Gasteiger partial charge >= 0.3 is 0 Å². The maximum Gasteiger partial charge on any atom is 0.136 e. The first-order valence-corrected chi connectivity index (χ1v) is 6.41. The predicted octanol–water partition coefficient (Wildman–Crippen LogP) is 4.96. The summed E-state index contributed by atoms with van der Waals surface area (Å²) < 4.78 is 28.2. The Morgan fingerprint density at radius 1 is 0.950 bits per heavy atom. The third-order valence-corrected chi connectivity index (χ3v) is 3.44. The van der Waals surface area contributed by atoms with Gasteiger partial charge in [-0.15, -0.1) is 0 Å². The molecule has 0 radical (unpaired) electrons. The second-order valence-electron chi connectivity index (χ2n) is 4.71. The van der Waals surface area contributed by atoms with Crippen molar-refractivity contribution >= 4 is 21.9 Å². The van der Waals surface area contributed by atoms with Gasteiger partial charge in [-0.25, -0.2) is 0 Å². The number of aromatic nitrogens is 1. The molecule has 2 heterocycles. The van der Waals surface area contributed by atoms with Crippen LogP contribution in [0.3, 0.4) is 0 Å². The van der Waals surface area contributed by atoms with Crippen molar-refractivity contribution in [3.63, 3.8) is 0 Å². The minimum Gasteiger partial charge on any atom is -0.456 e. The molecular formula is C18H13NO. The number of benzene rings is 2. The monoisotopic (exact) mass is 262 g/mol. The summed E-state index contributed by atoms with van der Waals surface area (Å²) in [5.74, 6) is 0. The Bertz CT molecular complexity index is 1000. The fraction of sp³-hybridized carbons (Fsp3) is 0.0556. The molecule has 0 bridgehead atoms. The van der Waals surface area contributed by atoms with E-state index in [2.05, 4.69) is 4.98 Å². The van der Waals surface area contributed by atoms with Gasteiger partial charge < -0.3 is 4.42 Å². The summed E-state index contributed by atoms with van der Waals surface area (Å²) in [7, 11) is 0. The van der Waals surface area contributed by atoms with E-state index in [1.165, 1.54) is 6.20 Å². The Kier molecular flexibility index (Phi) is 1.79. The lowest BCUT2D eigenvalue weighted by Crippen LogP contribution is -1.84. The predicted molar refractivity (Wildman–Crippen MR) is 81.7 cm³/mol. The molecule has 0 aliphatic rings. The largest absolute Gasteiger partial charge is 0.456 e. The summed E-state index contributed by atoms with van der Waals surface area (Å²) in [6.07, 6.45) is 1.42. The van der Waals surface area contributed by atoms with Gasteiger partial charge in [0.1, 0.15) is 11.2 Å². The Morgan fingerprint density at radius 2 is 1.85 bits per heavy atom. The van der Waals surface area contributed by atoms with Crippen LogP contribution in [0.25, 0.3) is 33.2 Å². The van der Waals surface area contributed by atoms with E-state index in [4.69, 9.17) is 8.53 Å². The molecule has 20 heavy (non-hydrogen) atoms. The van der Waals surface area contributed by atoms with Crippen molar-refractivity contribution in [2.24, 2.45) is 0 Å². The number of rotatable bonds is 1. The minimum atomic E-state index is -2.14. The summed E-state index contributed by atoms with van der Waals surface area (Å²) in [5, 5.41) is 2.03. The maximum absolute atomic E-state index is 7.44. The highest BCUT2D eigenvalue weighted by atomic mass is 16.3. The summed E-state index contributed by atoms with van der Waals surface area (Å²) in [4.78, 5) is 4.35. The summed E-state index contributed by atoms with van der Waals surface area (Å²) in [5.41, 5.74) is 3.53. The normalized spacial score (nSPS) is 14.1. The number of nitrogens with zero attached hydrogens (tertiary/aromatic N) is 1. The molecule has 0 saturated carbocycles. The summed E-state index contributed by atoms with van der Waals surface area (Å²) in [6, 6.07) is 17.0. The van der Waals surface area contributed by atoms with Gasteiger partial charge in [0.15, 0.2) is 0 Å². The van der Waals surface area contributed by atoms with E-state index in [0.717, 1.165) is 33.2 Å². The smallest absolute Gasteiger partial charge is 0.136 e. The summed E-state index contributed by atoms with van der Waals surface area (Å²) >= 11 is 0. The van der Waals surface area contributed by atoms with Crippen LogP contribution in [0.5, 0.6) is 0 Å². The van der Waals surface area contributed by atoms with Gasteiger partial charge in [-0.2, -0.15) is 0 Å². The molecule has 96 valence electrons. The fourth-order valence-corrected chi connectivity index (χ4v) is 2.54. The van der Waals surface area contributed by atoms with E-state index in [9.17, 15) is 0 Å². The molecule has 0 atom stereocenters. The van der Waals surface area contributed by atoms with Crippen molar-refractivity contribution in [2.45, 2.75) is 6.85 Å². The lowest BCUT2D eigenvalue weighted by atomic mass is 10.0. The number of hydrogen-bond donors (Lipinski definition) is 0. The van der Waals surface area contributed by atoms with E-state index in [1.807, 2.05) is 42.5 Å². The molecule has 2 aromatic carbocycles. The fourth-order valence-electron chi connectivity index (χ4n) is 2.54. The van der Waals surface area contributed by atoms with Gasteiger partial charge in [-0.05, 0) is 30.6 Å². The van der Waals surface area contributed by atoms with Gasteiger partial charge in [0, 0.05) is 26.6 Å². The topological polar surface area (TPSA) is 26.0 Å². The van der Waals surface area contributed by atoms with E-state index < -0.39 is 6.85 Å². The first-order valence-electron chi connectivity index (χ1n) is 7.91. The van der Waals surface area contributed by atoms with Crippen molar-refractivity contribution in [3.05, 3.63) is 66.4 Å². The minimum absolute atomic E-state index is 0.241. The van der Waals surface area contributed by atoms with Crippen LogP contribution in [0, 0.1) is 6.85 Å². The average Bonchev–Trinajstić information content (AvgIpc) is 2.93. The van der Waals surface area contributed by atoms with E-state index in [-0.39, 0.29) is 5.56 Å². The highest BCUT2D eigenvalue weighted by Crippen LogP contribution is 2.35. The number of hydrogen-bond acceptors (Lipinski definition) is 2. The molecule has 2 aromatic heterocycles. The van der Waals surface area contributed by atoms with Crippen LogP contribution in [0.1, 0.15) is 9.68 Å². The molecule has 0 aliphatic carbocycles. The molecule has 2 nitrogen and oxygen atoms in total. The highest BCUT2D eigenvalue weighted by Gasteiger charge is 2.12. The molecule has 2 heteroatoms. The molecule has 0 unspecified atom stereocenters. The molecule has 4 aromatic rings. The van der Waals surface area contributed by atoms with Crippen molar-refractivity contribution < 1.29 is 8.53 Å². The zero-order valence-corrected chi connectivity index (χ0v) is 10.6. The molecule has 0 N–H and O–H groups in total. The zero-order valence-electron chi connectivity index (χ0n) is 13.6. The quantitative estimate of drug-likeness (QED) is 0.484. The third kappa shape index (κ3) is 1.62. The van der Waals surface area contributed by atoms with Crippen molar-refractivity contribution in [3.8, 4) is 11.3 Å². The molecule has 0 saturated heterocycles. The number of aryl methyl sites for hydroxylation is 1. The lowest BCUT2D eigenvalue weighted by Gasteiger charge is -2.03. The van der Waals surface area contributed by atoms with E-state index >= 15 is 0 Å². The van der Waals surface area contributed by atoms with E-state index in [0.29, 0.717) is 0 Å². The molecule has 0 spiro atoms. The number of para-hydroxylation sites is 1. The molecule has 0 fully saturated rings. The SMILES string of the molecule is [2H]C([2H])([2H])c1ccc(-c2cccc3oc4ccccc4c23)nc1. The van der Waals surface area contributed by atoms with Gasteiger partial charge in [-0.1, -0.05) is 36.4 Å². The number of pyridine rings is 1. The van der Waals surface area contributed by atoms with Crippen LogP contribution in [0.15, 0.2) is 65.2 Å². The van der Waals surface area contributed by atoms with Crippen molar-refractivity contribution in [1.29, 1.82) is 0 Å². The lowest BCUT2D eigenvalue weighted by molar-refractivity contribution is 0.669. The van der Waals surface area contributed by atoms with Crippen LogP contribution in [-0.4, -0.2) is 4.98 Å². The Hall–Kier alpha value is -2.61. The standard InChI is InChI=1S/C18H13NO/c1-12-9-10-15(19-11-12)13-6-4-8-17-18(13)14-5-2-3-7-16(14)20-17/h2-11H,1H3/i1D3. The van der Waals surface area contributed by atoms with Crippen LogP contribution < -0.4 is 0 Å². The number of fused-ring (bicyclic) bond motifs is 3. The Morgan fingerprint density at radius 3 is 2.70 bits per heavy atom. The van der Waals surface area contributed by atoms with E-state index in [1.54, 1.807) is 12.1 Å². The van der Waals surface area contributed by atoms with Crippen LogP contribution >= 0.6 is 0 Å². The average molecular weight is 262 g/mol. The van der Waals surface area contributed by atoms with Crippen molar-refractivity contribution in [2.75, 3.05) is 0 Å². The molecular weight excluding hydrogens is 246 g/mol. The van der Waals surface area contributed by atoms with Crippen molar-refractivity contribution in [1.82, 2.24) is 4.98 Å².